The first-order valence-electron chi connectivity index (χ1n) is 7.02. The Morgan fingerprint density at radius 2 is 2.38 bits per heavy atom. The van der Waals surface area contributed by atoms with Crippen LogP contribution in [0.15, 0.2) is 30.6 Å². The normalized spacial score (nSPS) is 18.1. The van der Waals surface area contributed by atoms with Gasteiger partial charge in [0.25, 0.3) is 0 Å². The standard InChI is InChI=1S/C15H17ClFN3O/c16-15-6-12(17)4-3-11(15)7-18-13-8-19-20(9-13)10-14-2-1-5-21-14/h3-4,6,8-9,14,18H,1-2,5,7,10H2. The Morgan fingerprint density at radius 1 is 1.48 bits per heavy atom. The van der Waals surface area contributed by atoms with Crippen LogP contribution in [-0.2, 0) is 17.8 Å². The zero-order chi connectivity index (χ0) is 14.7. The second-order valence-electron chi connectivity index (χ2n) is 5.18. The van der Waals surface area contributed by atoms with Crippen molar-refractivity contribution in [2.24, 2.45) is 0 Å². The van der Waals surface area contributed by atoms with E-state index in [-0.39, 0.29) is 11.9 Å². The number of aromatic nitrogens is 2. The van der Waals surface area contributed by atoms with Gasteiger partial charge >= 0.3 is 0 Å². The van der Waals surface area contributed by atoms with Crippen LogP contribution in [0.5, 0.6) is 0 Å². The fourth-order valence-electron chi connectivity index (χ4n) is 2.41. The molecule has 0 aliphatic carbocycles. The number of hydrogen-bond acceptors (Lipinski definition) is 3. The van der Waals surface area contributed by atoms with Crippen molar-refractivity contribution in [1.82, 2.24) is 9.78 Å². The highest BCUT2D eigenvalue weighted by molar-refractivity contribution is 6.31. The fourth-order valence-corrected chi connectivity index (χ4v) is 2.65. The lowest BCUT2D eigenvalue weighted by molar-refractivity contribution is 0.0940. The molecule has 0 amide bonds. The molecule has 1 aliphatic heterocycles. The number of rotatable bonds is 5. The molecule has 1 aliphatic rings. The van der Waals surface area contributed by atoms with Gasteiger partial charge < -0.3 is 10.1 Å². The van der Waals surface area contributed by atoms with Gasteiger partial charge in [-0.05, 0) is 30.5 Å². The number of nitrogens with zero attached hydrogens (tertiary/aromatic N) is 2. The zero-order valence-electron chi connectivity index (χ0n) is 11.6. The van der Waals surface area contributed by atoms with Crippen molar-refractivity contribution >= 4 is 17.3 Å². The maximum Gasteiger partial charge on any atom is 0.124 e. The van der Waals surface area contributed by atoms with E-state index in [4.69, 9.17) is 16.3 Å². The van der Waals surface area contributed by atoms with Crippen LogP contribution in [0, 0.1) is 5.82 Å². The van der Waals surface area contributed by atoms with Gasteiger partial charge in [-0.15, -0.1) is 0 Å². The minimum absolute atomic E-state index is 0.268. The average molecular weight is 310 g/mol. The Bertz CT molecular complexity index is 611. The molecule has 1 unspecified atom stereocenters. The van der Waals surface area contributed by atoms with Crippen LogP contribution in [-0.4, -0.2) is 22.5 Å². The van der Waals surface area contributed by atoms with E-state index in [1.165, 1.54) is 12.1 Å². The highest BCUT2D eigenvalue weighted by Gasteiger charge is 2.16. The lowest BCUT2D eigenvalue weighted by Crippen LogP contribution is -2.15. The van der Waals surface area contributed by atoms with Crippen molar-refractivity contribution in [2.75, 3.05) is 11.9 Å². The molecular formula is C15H17ClFN3O. The number of halogens is 2. The van der Waals surface area contributed by atoms with Gasteiger partial charge in [0.2, 0.25) is 0 Å². The number of ether oxygens (including phenoxy) is 1. The molecule has 112 valence electrons. The molecule has 2 heterocycles. The molecule has 3 rings (SSSR count). The van der Waals surface area contributed by atoms with E-state index in [1.54, 1.807) is 12.3 Å². The van der Waals surface area contributed by atoms with Crippen molar-refractivity contribution in [3.05, 3.63) is 47.0 Å². The van der Waals surface area contributed by atoms with E-state index in [1.807, 2.05) is 10.9 Å². The topological polar surface area (TPSA) is 39.1 Å². The molecule has 2 aromatic rings. The minimum atomic E-state index is -0.326. The average Bonchev–Trinajstić information content (AvgIpc) is 3.10. The van der Waals surface area contributed by atoms with E-state index < -0.39 is 0 Å². The summed E-state index contributed by atoms with van der Waals surface area (Å²) in [5.74, 6) is -0.326. The van der Waals surface area contributed by atoms with Gasteiger partial charge in [0.1, 0.15) is 5.82 Å². The van der Waals surface area contributed by atoms with E-state index in [0.29, 0.717) is 11.6 Å². The SMILES string of the molecule is Fc1ccc(CNc2cnn(CC3CCCO3)c2)c(Cl)c1. The Labute approximate surface area is 127 Å². The van der Waals surface area contributed by atoms with Crippen molar-refractivity contribution in [3.8, 4) is 0 Å². The Balaban J connectivity index is 1.56. The second kappa shape index (κ2) is 6.45. The van der Waals surface area contributed by atoms with Gasteiger partial charge in [-0.25, -0.2) is 4.39 Å². The summed E-state index contributed by atoms with van der Waals surface area (Å²) in [5, 5.41) is 7.97. The molecule has 0 bridgehead atoms. The largest absolute Gasteiger partial charge is 0.378 e. The molecule has 1 fully saturated rings. The van der Waals surface area contributed by atoms with Crippen LogP contribution in [0.1, 0.15) is 18.4 Å². The number of hydrogen-bond donors (Lipinski definition) is 1. The summed E-state index contributed by atoms with van der Waals surface area (Å²) in [7, 11) is 0. The number of anilines is 1. The molecule has 0 radical (unpaired) electrons. The summed E-state index contributed by atoms with van der Waals surface area (Å²) < 4.78 is 20.4. The third-order valence-electron chi connectivity index (χ3n) is 3.55. The summed E-state index contributed by atoms with van der Waals surface area (Å²) in [6.07, 6.45) is 6.20. The summed E-state index contributed by atoms with van der Waals surface area (Å²) in [5.41, 5.74) is 1.76. The van der Waals surface area contributed by atoms with E-state index in [9.17, 15) is 4.39 Å². The van der Waals surface area contributed by atoms with Gasteiger partial charge in [0.05, 0.1) is 24.5 Å². The third-order valence-corrected chi connectivity index (χ3v) is 3.90. The molecule has 1 saturated heterocycles. The minimum Gasteiger partial charge on any atom is -0.378 e. The molecular weight excluding hydrogens is 293 g/mol. The first-order chi connectivity index (χ1) is 10.2. The Morgan fingerprint density at radius 3 is 3.14 bits per heavy atom. The monoisotopic (exact) mass is 309 g/mol. The fraction of sp³-hybridized carbons (Fsp3) is 0.400. The van der Waals surface area contributed by atoms with Crippen LogP contribution in [0.25, 0.3) is 0 Å². The predicted octanol–water partition coefficient (Wildman–Crippen LogP) is 3.47. The highest BCUT2D eigenvalue weighted by Crippen LogP contribution is 2.19. The Hall–Kier alpha value is -1.59. The molecule has 6 heteroatoms. The van der Waals surface area contributed by atoms with Gasteiger partial charge in [-0.3, -0.25) is 4.68 Å². The summed E-state index contributed by atoms with van der Waals surface area (Å²) in [6, 6.07) is 4.41. The van der Waals surface area contributed by atoms with E-state index >= 15 is 0 Å². The van der Waals surface area contributed by atoms with Crippen molar-refractivity contribution in [3.63, 3.8) is 0 Å². The highest BCUT2D eigenvalue weighted by atomic mass is 35.5. The molecule has 1 aromatic carbocycles. The van der Waals surface area contributed by atoms with Crippen molar-refractivity contribution in [2.45, 2.75) is 32.0 Å². The van der Waals surface area contributed by atoms with Crippen molar-refractivity contribution < 1.29 is 9.13 Å². The third kappa shape index (κ3) is 3.74. The molecule has 1 N–H and O–H groups in total. The first kappa shape index (κ1) is 14.4. The zero-order valence-corrected chi connectivity index (χ0v) is 12.3. The molecule has 21 heavy (non-hydrogen) atoms. The summed E-state index contributed by atoms with van der Waals surface area (Å²) >= 11 is 6.00. The van der Waals surface area contributed by atoms with Crippen LogP contribution in [0.2, 0.25) is 5.02 Å². The number of benzene rings is 1. The first-order valence-corrected chi connectivity index (χ1v) is 7.40. The molecule has 0 saturated carbocycles. The molecule has 4 nitrogen and oxygen atoms in total. The number of nitrogens with one attached hydrogen (secondary N) is 1. The predicted molar refractivity (Wildman–Crippen MR) is 79.9 cm³/mol. The van der Waals surface area contributed by atoms with Gasteiger partial charge in [0, 0.05) is 24.4 Å². The molecule has 1 aromatic heterocycles. The Kier molecular flexibility index (Phi) is 4.41. The van der Waals surface area contributed by atoms with Crippen LogP contribution in [0.3, 0.4) is 0 Å². The van der Waals surface area contributed by atoms with Gasteiger partial charge in [0.15, 0.2) is 0 Å². The molecule has 1 atom stereocenters. The lowest BCUT2D eigenvalue weighted by atomic mass is 10.2. The second-order valence-corrected chi connectivity index (χ2v) is 5.58. The van der Waals surface area contributed by atoms with Gasteiger partial charge in [-0.2, -0.15) is 5.10 Å². The summed E-state index contributed by atoms with van der Waals surface area (Å²) in [4.78, 5) is 0. The van der Waals surface area contributed by atoms with E-state index in [2.05, 4.69) is 10.4 Å². The maximum absolute atomic E-state index is 13.0. The smallest absolute Gasteiger partial charge is 0.124 e. The van der Waals surface area contributed by atoms with Crippen molar-refractivity contribution in [1.29, 1.82) is 0 Å². The molecule has 0 spiro atoms. The lowest BCUT2D eigenvalue weighted by Gasteiger charge is -2.08. The van der Waals surface area contributed by atoms with E-state index in [0.717, 1.165) is 37.2 Å². The van der Waals surface area contributed by atoms with Gasteiger partial charge in [-0.1, -0.05) is 17.7 Å². The van der Waals surface area contributed by atoms with Crippen LogP contribution in [0.4, 0.5) is 10.1 Å². The quantitative estimate of drug-likeness (QED) is 0.919. The summed E-state index contributed by atoms with van der Waals surface area (Å²) in [6.45, 7) is 2.16. The maximum atomic E-state index is 13.0. The van der Waals surface area contributed by atoms with Crippen LogP contribution < -0.4 is 5.32 Å². The van der Waals surface area contributed by atoms with Crippen LogP contribution >= 0.6 is 11.6 Å².